The minimum atomic E-state index is -0.297. The van der Waals surface area contributed by atoms with Gasteiger partial charge >= 0.3 is 6.09 Å². The molecule has 1 saturated heterocycles. The van der Waals surface area contributed by atoms with Crippen molar-refractivity contribution in [2.45, 2.75) is 18.8 Å². The van der Waals surface area contributed by atoms with Gasteiger partial charge in [-0.05, 0) is 12.8 Å². The van der Waals surface area contributed by atoms with Crippen LogP contribution in [-0.4, -0.2) is 36.3 Å². The van der Waals surface area contributed by atoms with E-state index in [0.29, 0.717) is 18.8 Å². The fourth-order valence-corrected chi connectivity index (χ4v) is 1.97. The summed E-state index contributed by atoms with van der Waals surface area (Å²) in [7, 11) is 1.37. The number of carbonyl (C=O) groups is 1. The minimum Gasteiger partial charge on any atom is -0.453 e. The van der Waals surface area contributed by atoms with Crippen LogP contribution in [0, 0.1) is 0 Å². The molecule has 0 saturated carbocycles. The molecule has 88 valence electrons. The summed E-state index contributed by atoms with van der Waals surface area (Å²) in [5.74, 6) is 0.884. The first-order valence-corrected chi connectivity index (χ1v) is 5.22. The maximum absolute atomic E-state index is 11.2. The highest BCUT2D eigenvalue weighted by molar-refractivity contribution is 5.67. The van der Waals surface area contributed by atoms with Crippen molar-refractivity contribution in [1.82, 2.24) is 10.1 Å². The molecule has 2 rings (SSSR count). The lowest BCUT2D eigenvalue weighted by atomic mass is 9.95. The standard InChI is InChI=1S/C10H14N2O4/c1-15-10(14)12-4-2-7(3-5-12)8-6-9(13)11-16-8/h6-7H,2-5H2,1H3,(H,11,13). The van der Waals surface area contributed by atoms with Crippen molar-refractivity contribution in [1.29, 1.82) is 0 Å². The first kappa shape index (κ1) is 10.8. The van der Waals surface area contributed by atoms with E-state index >= 15 is 0 Å². The molecule has 1 aromatic heterocycles. The molecule has 6 heteroatoms. The normalized spacial score (nSPS) is 17.4. The number of amides is 1. The molecule has 0 unspecified atom stereocenters. The number of rotatable bonds is 1. The van der Waals surface area contributed by atoms with E-state index < -0.39 is 0 Å². The van der Waals surface area contributed by atoms with Crippen molar-refractivity contribution in [3.05, 3.63) is 22.2 Å². The molecule has 0 aliphatic carbocycles. The Labute approximate surface area is 92.1 Å². The second-order valence-electron chi connectivity index (χ2n) is 3.85. The zero-order valence-corrected chi connectivity index (χ0v) is 9.06. The molecule has 0 radical (unpaired) electrons. The number of carbonyl (C=O) groups excluding carboxylic acids is 1. The van der Waals surface area contributed by atoms with Crippen LogP contribution in [0.5, 0.6) is 0 Å². The number of nitrogens with zero attached hydrogens (tertiary/aromatic N) is 1. The minimum absolute atomic E-state index is 0.208. The van der Waals surface area contributed by atoms with Crippen LogP contribution in [0.1, 0.15) is 24.5 Å². The van der Waals surface area contributed by atoms with Crippen molar-refractivity contribution < 1.29 is 14.1 Å². The van der Waals surface area contributed by atoms with Crippen LogP contribution in [0.2, 0.25) is 0 Å². The highest BCUT2D eigenvalue weighted by Gasteiger charge is 2.26. The fraction of sp³-hybridized carbons (Fsp3) is 0.600. The van der Waals surface area contributed by atoms with Crippen molar-refractivity contribution in [3.63, 3.8) is 0 Å². The van der Waals surface area contributed by atoms with Gasteiger partial charge in [0, 0.05) is 25.1 Å². The highest BCUT2D eigenvalue weighted by atomic mass is 16.5. The lowest BCUT2D eigenvalue weighted by molar-refractivity contribution is 0.110. The number of aromatic nitrogens is 1. The van der Waals surface area contributed by atoms with E-state index in [4.69, 9.17) is 4.52 Å². The molecule has 0 aromatic carbocycles. The number of likely N-dealkylation sites (tertiary alicyclic amines) is 1. The zero-order valence-electron chi connectivity index (χ0n) is 9.06. The fourth-order valence-electron chi connectivity index (χ4n) is 1.97. The second kappa shape index (κ2) is 4.42. The van der Waals surface area contributed by atoms with E-state index in [1.54, 1.807) is 4.90 Å². The topological polar surface area (TPSA) is 75.5 Å². The number of hydrogen-bond acceptors (Lipinski definition) is 4. The summed E-state index contributed by atoms with van der Waals surface area (Å²) < 4.78 is 9.70. The van der Waals surface area contributed by atoms with Crippen molar-refractivity contribution in [2.24, 2.45) is 0 Å². The van der Waals surface area contributed by atoms with Gasteiger partial charge in [0.15, 0.2) is 0 Å². The smallest absolute Gasteiger partial charge is 0.409 e. The van der Waals surface area contributed by atoms with Crippen LogP contribution < -0.4 is 5.56 Å². The summed E-state index contributed by atoms with van der Waals surface area (Å²) in [4.78, 5) is 23.8. The van der Waals surface area contributed by atoms with Gasteiger partial charge in [0.2, 0.25) is 0 Å². The number of H-pyrrole nitrogens is 1. The lowest BCUT2D eigenvalue weighted by Gasteiger charge is -2.29. The Hall–Kier alpha value is -1.72. The third-order valence-corrected chi connectivity index (χ3v) is 2.87. The zero-order chi connectivity index (χ0) is 11.5. The van der Waals surface area contributed by atoms with E-state index in [9.17, 15) is 9.59 Å². The first-order valence-electron chi connectivity index (χ1n) is 5.22. The van der Waals surface area contributed by atoms with Crippen LogP contribution in [0.4, 0.5) is 4.79 Å². The Balaban J connectivity index is 1.95. The number of hydrogen-bond donors (Lipinski definition) is 1. The van der Waals surface area contributed by atoms with Crippen molar-refractivity contribution in [2.75, 3.05) is 20.2 Å². The average Bonchev–Trinajstić information content (AvgIpc) is 2.75. The third kappa shape index (κ3) is 2.10. The quantitative estimate of drug-likeness (QED) is 0.772. The van der Waals surface area contributed by atoms with Gasteiger partial charge in [-0.25, -0.2) is 4.79 Å². The van der Waals surface area contributed by atoms with Gasteiger partial charge in [-0.15, -0.1) is 0 Å². The van der Waals surface area contributed by atoms with Gasteiger partial charge in [0.1, 0.15) is 5.76 Å². The Kier molecular flexibility index (Phi) is 2.98. The molecule has 0 spiro atoms. The molecule has 1 amide bonds. The van der Waals surface area contributed by atoms with E-state index in [1.165, 1.54) is 13.2 Å². The van der Waals surface area contributed by atoms with Gasteiger partial charge in [-0.1, -0.05) is 0 Å². The first-order chi connectivity index (χ1) is 7.70. The maximum Gasteiger partial charge on any atom is 0.409 e. The van der Waals surface area contributed by atoms with Crippen LogP contribution in [0.15, 0.2) is 15.4 Å². The highest BCUT2D eigenvalue weighted by Crippen LogP contribution is 2.26. The van der Waals surface area contributed by atoms with Crippen LogP contribution in [-0.2, 0) is 4.74 Å². The molecular formula is C10H14N2O4. The molecule has 0 atom stereocenters. The summed E-state index contributed by atoms with van der Waals surface area (Å²) in [5.41, 5.74) is -0.217. The Morgan fingerprint density at radius 2 is 2.25 bits per heavy atom. The van der Waals surface area contributed by atoms with E-state index in [0.717, 1.165) is 12.8 Å². The summed E-state index contributed by atoms with van der Waals surface area (Å²) in [6.45, 7) is 1.26. The van der Waals surface area contributed by atoms with Crippen LogP contribution >= 0.6 is 0 Å². The van der Waals surface area contributed by atoms with Crippen molar-refractivity contribution >= 4 is 6.09 Å². The van der Waals surface area contributed by atoms with Gasteiger partial charge in [-0.3, -0.25) is 4.79 Å². The molecule has 2 heterocycles. The molecule has 1 aromatic rings. The predicted molar refractivity (Wildman–Crippen MR) is 55.3 cm³/mol. The van der Waals surface area contributed by atoms with Gasteiger partial charge in [0.25, 0.3) is 5.56 Å². The molecule has 16 heavy (non-hydrogen) atoms. The predicted octanol–water partition coefficient (Wildman–Crippen LogP) is 0.914. The van der Waals surface area contributed by atoms with E-state index in [1.807, 2.05) is 0 Å². The largest absolute Gasteiger partial charge is 0.453 e. The number of methoxy groups -OCH3 is 1. The molecule has 1 aliphatic heterocycles. The number of piperidine rings is 1. The van der Waals surface area contributed by atoms with E-state index in [-0.39, 0.29) is 17.6 Å². The molecule has 0 bridgehead atoms. The Bertz CT molecular complexity index is 414. The molecule has 6 nitrogen and oxygen atoms in total. The molecule has 1 aliphatic rings. The number of nitrogens with one attached hydrogen (secondary N) is 1. The van der Waals surface area contributed by atoms with Gasteiger partial charge < -0.3 is 14.2 Å². The molecular weight excluding hydrogens is 212 g/mol. The summed E-state index contributed by atoms with van der Waals surface area (Å²) in [6, 6.07) is 1.47. The van der Waals surface area contributed by atoms with Crippen LogP contribution in [0.25, 0.3) is 0 Å². The number of ether oxygens (including phenoxy) is 1. The molecule has 1 N–H and O–H groups in total. The van der Waals surface area contributed by atoms with E-state index in [2.05, 4.69) is 9.89 Å². The molecule has 1 fully saturated rings. The van der Waals surface area contributed by atoms with Crippen LogP contribution in [0.3, 0.4) is 0 Å². The Morgan fingerprint density at radius 3 is 2.75 bits per heavy atom. The monoisotopic (exact) mass is 226 g/mol. The summed E-state index contributed by atoms with van der Waals surface area (Å²) in [5, 5.41) is 2.28. The van der Waals surface area contributed by atoms with Gasteiger partial charge in [0.05, 0.1) is 7.11 Å². The maximum atomic E-state index is 11.2. The average molecular weight is 226 g/mol. The summed E-state index contributed by atoms with van der Waals surface area (Å²) >= 11 is 0. The third-order valence-electron chi connectivity index (χ3n) is 2.87. The lowest BCUT2D eigenvalue weighted by Crippen LogP contribution is -2.37. The Morgan fingerprint density at radius 1 is 1.56 bits per heavy atom. The van der Waals surface area contributed by atoms with Gasteiger partial charge in [-0.2, -0.15) is 5.16 Å². The van der Waals surface area contributed by atoms with Crippen molar-refractivity contribution in [3.8, 4) is 0 Å². The number of aromatic amines is 1. The summed E-state index contributed by atoms with van der Waals surface area (Å²) in [6.07, 6.45) is 1.28. The SMILES string of the molecule is COC(=O)N1CCC(c2cc(=O)[nH]o2)CC1. The second-order valence-corrected chi connectivity index (χ2v) is 3.85.